The highest BCUT2D eigenvalue weighted by atomic mass is 16.5. The SMILES string of the molecule is COc1ccc(C(NC(=O)CNC(=O)C(C)(C)C)C(=O)O)cc1. The Morgan fingerprint density at radius 2 is 1.74 bits per heavy atom. The molecule has 0 heterocycles. The van der Waals surface area contributed by atoms with Gasteiger partial charge in [-0.1, -0.05) is 32.9 Å². The number of benzene rings is 1. The maximum absolute atomic E-state index is 11.9. The van der Waals surface area contributed by atoms with Crippen LogP contribution in [-0.4, -0.2) is 36.5 Å². The minimum absolute atomic E-state index is 0.282. The van der Waals surface area contributed by atoms with E-state index in [-0.39, 0.29) is 12.5 Å². The van der Waals surface area contributed by atoms with E-state index in [2.05, 4.69) is 10.6 Å². The van der Waals surface area contributed by atoms with Crippen LogP contribution in [-0.2, 0) is 14.4 Å². The van der Waals surface area contributed by atoms with E-state index in [4.69, 9.17) is 4.74 Å². The smallest absolute Gasteiger partial charge is 0.330 e. The van der Waals surface area contributed by atoms with Crippen LogP contribution >= 0.6 is 0 Å². The highest BCUT2D eigenvalue weighted by molar-refractivity contribution is 5.89. The largest absolute Gasteiger partial charge is 0.497 e. The number of carbonyl (C=O) groups excluding carboxylic acids is 2. The Labute approximate surface area is 135 Å². The second-order valence-corrected chi connectivity index (χ2v) is 6.04. The molecule has 0 aromatic heterocycles. The molecule has 0 fully saturated rings. The van der Waals surface area contributed by atoms with E-state index < -0.39 is 23.3 Å². The van der Waals surface area contributed by atoms with Gasteiger partial charge in [0.15, 0.2) is 6.04 Å². The highest BCUT2D eigenvalue weighted by Gasteiger charge is 2.24. The van der Waals surface area contributed by atoms with Gasteiger partial charge in [-0.2, -0.15) is 0 Å². The molecule has 1 aromatic rings. The Balaban J connectivity index is 2.70. The summed E-state index contributed by atoms with van der Waals surface area (Å²) in [6.07, 6.45) is 0. The molecular weight excluding hydrogens is 300 g/mol. The number of nitrogens with one attached hydrogen (secondary N) is 2. The number of methoxy groups -OCH3 is 1. The molecule has 0 saturated heterocycles. The first-order chi connectivity index (χ1) is 10.6. The molecular formula is C16H22N2O5. The van der Waals surface area contributed by atoms with Crippen molar-refractivity contribution >= 4 is 17.8 Å². The van der Waals surface area contributed by atoms with E-state index in [9.17, 15) is 19.5 Å². The van der Waals surface area contributed by atoms with Crippen molar-refractivity contribution in [3.63, 3.8) is 0 Å². The van der Waals surface area contributed by atoms with Gasteiger partial charge in [-0.25, -0.2) is 4.79 Å². The van der Waals surface area contributed by atoms with Crippen LogP contribution in [0, 0.1) is 5.41 Å². The van der Waals surface area contributed by atoms with Crippen molar-refractivity contribution in [2.24, 2.45) is 5.41 Å². The summed E-state index contributed by atoms with van der Waals surface area (Å²) in [5, 5.41) is 14.1. The van der Waals surface area contributed by atoms with Crippen molar-refractivity contribution in [2.75, 3.05) is 13.7 Å². The molecule has 7 nitrogen and oxygen atoms in total. The van der Waals surface area contributed by atoms with Gasteiger partial charge < -0.3 is 20.5 Å². The summed E-state index contributed by atoms with van der Waals surface area (Å²) in [7, 11) is 1.50. The molecule has 1 unspecified atom stereocenters. The van der Waals surface area contributed by atoms with Crippen LogP contribution in [0.5, 0.6) is 5.75 Å². The van der Waals surface area contributed by atoms with Gasteiger partial charge in [0.05, 0.1) is 13.7 Å². The molecule has 3 N–H and O–H groups in total. The lowest BCUT2D eigenvalue weighted by Crippen LogP contribution is -2.43. The van der Waals surface area contributed by atoms with Gasteiger partial charge in [-0.05, 0) is 17.7 Å². The zero-order chi connectivity index (χ0) is 17.6. The molecule has 0 radical (unpaired) electrons. The van der Waals surface area contributed by atoms with Crippen LogP contribution in [0.3, 0.4) is 0 Å². The van der Waals surface area contributed by atoms with Crippen molar-refractivity contribution < 1.29 is 24.2 Å². The minimum Gasteiger partial charge on any atom is -0.497 e. The molecule has 1 atom stereocenters. The quantitative estimate of drug-likeness (QED) is 0.727. The van der Waals surface area contributed by atoms with E-state index in [0.29, 0.717) is 11.3 Å². The topological polar surface area (TPSA) is 105 Å². The van der Waals surface area contributed by atoms with Crippen molar-refractivity contribution in [1.29, 1.82) is 0 Å². The Kier molecular flexibility index (Phi) is 6.12. The molecule has 0 saturated carbocycles. The Hall–Kier alpha value is -2.57. The summed E-state index contributed by atoms with van der Waals surface area (Å²) < 4.78 is 5.00. The molecule has 0 spiro atoms. The summed E-state index contributed by atoms with van der Waals surface area (Å²) in [5.74, 6) is -1.47. The first-order valence-electron chi connectivity index (χ1n) is 7.09. The molecule has 1 rings (SSSR count). The number of hydrogen-bond acceptors (Lipinski definition) is 4. The normalized spacial score (nSPS) is 12.2. The average Bonchev–Trinajstić information content (AvgIpc) is 2.49. The highest BCUT2D eigenvalue weighted by Crippen LogP contribution is 2.18. The molecule has 0 aliphatic heterocycles. The van der Waals surface area contributed by atoms with E-state index in [1.807, 2.05) is 0 Å². The molecule has 126 valence electrons. The van der Waals surface area contributed by atoms with Gasteiger partial charge >= 0.3 is 5.97 Å². The van der Waals surface area contributed by atoms with Crippen LogP contribution in [0.25, 0.3) is 0 Å². The third-order valence-corrected chi connectivity index (χ3v) is 3.09. The number of aliphatic carboxylic acids is 1. The van der Waals surface area contributed by atoms with Crippen LogP contribution in [0.2, 0.25) is 0 Å². The fraction of sp³-hybridized carbons (Fsp3) is 0.438. The Morgan fingerprint density at radius 1 is 1.17 bits per heavy atom. The van der Waals surface area contributed by atoms with Gasteiger partial charge in [0.1, 0.15) is 5.75 Å². The third-order valence-electron chi connectivity index (χ3n) is 3.09. The van der Waals surface area contributed by atoms with Gasteiger partial charge in [0.25, 0.3) is 0 Å². The van der Waals surface area contributed by atoms with Crippen LogP contribution in [0.15, 0.2) is 24.3 Å². The number of carboxylic acid groups (broad SMARTS) is 1. The molecule has 2 amide bonds. The lowest BCUT2D eigenvalue weighted by Gasteiger charge is -2.19. The van der Waals surface area contributed by atoms with Gasteiger partial charge in [-0.15, -0.1) is 0 Å². The monoisotopic (exact) mass is 322 g/mol. The predicted molar refractivity (Wildman–Crippen MR) is 84.0 cm³/mol. The number of amides is 2. The standard InChI is InChI=1S/C16H22N2O5/c1-16(2,3)15(22)17-9-12(19)18-13(14(20)21)10-5-7-11(23-4)8-6-10/h5-8,13H,9H2,1-4H3,(H,17,22)(H,18,19)(H,20,21). The predicted octanol–water partition coefficient (Wildman–Crippen LogP) is 1.10. The average molecular weight is 322 g/mol. The van der Waals surface area contributed by atoms with Crippen molar-refractivity contribution in [1.82, 2.24) is 10.6 Å². The zero-order valence-electron chi connectivity index (χ0n) is 13.7. The van der Waals surface area contributed by atoms with Crippen molar-refractivity contribution in [2.45, 2.75) is 26.8 Å². The molecule has 0 bridgehead atoms. The molecule has 1 aromatic carbocycles. The first-order valence-corrected chi connectivity index (χ1v) is 7.09. The zero-order valence-corrected chi connectivity index (χ0v) is 13.7. The minimum atomic E-state index is -1.19. The first kappa shape index (κ1) is 18.5. The fourth-order valence-electron chi connectivity index (χ4n) is 1.72. The van der Waals surface area contributed by atoms with Gasteiger partial charge in [0.2, 0.25) is 11.8 Å². The summed E-state index contributed by atoms with van der Waals surface area (Å²) in [6, 6.07) is 5.15. The maximum Gasteiger partial charge on any atom is 0.330 e. The van der Waals surface area contributed by atoms with E-state index >= 15 is 0 Å². The summed E-state index contributed by atoms with van der Waals surface area (Å²) in [5.41, 5.74) is -0.212. The maximum atomic E-state index is 11.9. The molecule has 0 aliphatic carbocycles. The third kappa shape index (κ3) is 5.61. The number of ether oxygens (including phenoxy) is 1. The number of hydrogen-bond donors (Lipinski definition) is 3. The summed E-state index contributed by atoms with van der Waals surface area (Å²) in [4.78, 5) is 34.9. The van der Waals surface area contributed by atoms with E-state index in [1.165, 1.54) is 7.11 Å². The van der Waals surface area contributed by atoms with Crippen LogP contribution < -0.4 is 15.4 Å². The molecule has 0 aliphatic rings. The van der Waals surface area contributed by atoms with Gasteiger partial charge in [-0.3, -0.25) is 9.59 Å². The van der Waals surface area contributed by atoms with Crippen LogP contribution in [0.4, 0.5) is 0 Å². The second kappa shape index (κ2) is 7.62. The molecule has 23 heavy (non-hydrogen) atoms. The number of carbonyl (C=O) groups is 3. The molecule has 7 heteroatoms. The lowest BCUT2D eigenvalue weighted by molar-refractivity contribution is -0.142. The summed E-state index contributed by atoms with van der Waals surface area (Å²) >= 11 is 0. The van der Waals surface area contributed by atoms with E-state index in [1.54, 1.807) is 45.0 Å². The van der Waals surface area contributed by atoms with Crippen LogP contribution in [0.1, 0.15) is 32.4 Å². The van der Waals surface area contributed by atoms with Crippen molar-refractivity contribution in [3.05, 3.63) is 29.8 Å². The Bertz CT molecular complexity index is 575. The van der Waals surface area contributed by atoms with E-state index in [0.717, 1.165) is 0 Å². The number of rotatable bonds is 6. The summed E-state index contributed by atoms with van der Waals surface area (Å²) in [6.45, 7) is 4.88. The second-order valence-electron chi connectivity index (χ2n) is 6.04. The fourth-order valence-corrected chi connectivity index (χ4v) is 1.72. The lowest BCUT2D eigenvalue weighted by atomic mass is 9.96. The Morgan fingerprint density at radius 3 is 2.17 bits per heavy atom. The number of carboxylic acids is 1. The van der Waals surface area contributed by atoms with Crippen molar-refractivity contribution in [3.8, 4) is 5.75 Å². The van der Waals surface area contributed by atoms with Gasteiger partial charge in [0, 0.05) is 5.41 Å².